The van der Waals surface area contributed by atoms with Crippen molar-refractivity contribution in [2.75, 3.05) is 0 Å². The third-order valence-electron chi connectivity index (χ3n) is 4.46. The van der Waals surface area contributed by atoms with E-state index in [2.05, 4.69) is 4.98 Å². The summed E-state index contributed by atoms with van der Waals surface area (Å²) in [6.07, 6.45) is -1.75. The molecule has 1 heterocycles. The van der Waals surface area contributed by atoms with E-state index in [-0.39, 0.29) is 16.1 Å². The Morgan fingerprint density at radius 1 is 0.960 bits per heavy atom. The lowest BCUT2D eigenvalue weighted by molar-refractivity contribution is -0.246. The van der Waals surface area contributed by atoms with E-state index >= 15 is 0 Å². The van der Waals surface area contributed by atoms with Gasteiger partial charge >= 0.3 is 6.18 Å². The first kappa shape index (κ1) is 16.1. The summed E-state index contributed by atoms with van der Waals surface area (Å²) >= 11 is 6.10. The van der Waals surface area contributed by atoms with Crippen LogP contribution in [-0.2, 0) is 5.60 Å². The Labute approximate surface area is 146 Å². The second-order valence-corrected chi connectivity index (χ2v) is 6.31. The minimum Gasteiger partial charge on any atom is -0.372 e. The van der Waals surface area contributed by atoms with E-state index in [9.17, 15) is 18.3 Å². The molecule has 6 heteroatoms. The Morgan fingerprint density at radius 2 is 1.72 bits per heavy atom. The van der Waals surface area contributed by atoms with Crippen molar-refractivity contribution in [1.29, 1.82) is 0 Å². The standard InChI is InChI=1S/C19H11ClF3NO/c20-12-8-14(11-4-3-7-24-10-11)17-13-5-1-2-6-15(13)18(25,16(17)9-12)19(21,22)23/h1-10,25H. The van der Waals surface area contributed by atoms with Crippen LogP contribution in [0, 0.1) is 0 Å². The maximum atomic E-state index is 13.9. The van der Waals surface area contributed by atoms with Gasteiger partial charge in [0.1, 0.15) is 0 Å². The number of nitrogens with zero attached hydrogens (tertiary/aromatic N) is 1. The lowest BCUT2D eigenvalue weighted by Crippen LogP contribution is -2.41. The number of aromatic nitrogens is 1. The molecule has 1 aliphatic rings. The van der Waals surface area contributed by atoms with Crippen LogP contribution in [0.15, 0.2) is 60.9 Å². The van der Waals surface area contributed by atoms with E-state index in [1.165, 1.54) is 18.2 Å². The molecule has 0 amide bonds. The topological polar surface area (TPSA) is 33.1 Å². The van der Waals surface area contributed by atoms with E-state index in [4.69, 9.17) is 11.6 Å². The number of pyridine rings is 1. The van der Waals surface area contributed by atoms with Gasteiger partial charge in [-0.3, -0.25) is 4.98 Å². The lowest BCUT2D eigenvalue weighted by Gasteiger charge is -2.28. The highest BCUT2D eigenvalue weighted by Crippen LogP contribution is 2.57. The summed E-state index contributed by atoms with van der Waals surface area (Å²) in [7, 11) is 0. The molecule has 3 aromatic rings. The number of alkyl halides is 3. The second kappa shape index (κ2) is 5.31. The Balaban J connectivity index is 2.14. The fourth-order valence-corrected chi connectivity index (χ4v) is 3.62. The zero-order valence-electron chi connectivity index (χ0n) is 12.7. The van der Waals surface area contributed by atoms with Gasteiger partial charge in [0.25, 0.3) is 0 Å². The van der Waals surface area contributed by atoms with Crippen LogP contribution in [0.2, 0.25) is 5.02 Å². The Bertz CT molecular complexity index is 972. The smallest absolute Gasteiger partial charge is 0.372 e. The van der Waals surface area contributed by atoms with Gasteiger partial charge in [-0.05, 0) is 34.9 Å². The third kappa shape index (κ3) is 2.19. The van der Waals surface area contributed by atoms with Crippen LogP contribution in [0.4, 0.5) is 13.2 Å². The van der Waals surface area contributed by atoms with Crippen molar-refractivity contribution in [3.63, 3.8) is 0 Å². The fourth-order valence-electron chi connectivity index (χ4n) is 3.40. The number of halogens is 4. The molecule has 0 radical (unpaired) electrons. The Kier molecular flexibility index (Phi) is 3.42. The zero-order valence-corrected chi connectivity index (χ0v) is 13.4. The average molecular weight is 362 g/mol. The number of benzene rings is 2. The lowest BCUT2D eigenvalue weighted by atomic mass is 9.89. The predicted molar refractivity (Wildman–Crippen MR) is 89.2 cm³/mol. The predicted octanol–water partition coefficient (Wildman–Crippen LogP) is 5.18. The van der Waals surface area contributed by atoms with Crippen LogP contribution in [0.1, 0.15) is 11.1 Å². The first-order valence-corrected chi connectivity index (χ1v) is 7.85. The van der Waals surface area contributed by atoms with Crippen LogP contribution in [-0.4, -0.2) is 16.3 Å². The summed E-state index contributed by atoms with van der Waals surface area (Å²) in [5, 5.41) is 10.8. The van der Waals surface area contributed by atoms with E-state index < -0.39 is 11.8 Å². The summed E-state index contributed by atoms with van der Waals surface area (Å²) in [4.78, 5) is 4.03. The minimum absolute atomic E-state index is 0.119. The van der Waals surface area contributed by atoms with Crippen molar-refractivity contribution in [1.82, 2.24) is 4.98 Å². The number of hydrogen-bond acceptors (Lipinski definition) is 2. The quantitative estimate of drug-likeness (QED) is 0.647. The van der Waals surface area contributed by atoms with Crippen molar-refractivity contribution in [3.05, 3.63) is 77.1 Å². The molecule has 1 aromatic heterocycles. The third-order valence-corrected chi connectivity index (χ3v) is 4.68. The molecule has 1 atom stereocenters. The first-order chi connectivity index (χ1) is 11.8. The van der Waals surface area contributed by atoms with E-state index in [1.807, 2.05) is 0 Å². The molecule has 0 aliphatic heterocycles. The van der Waals surface area contributed by atoms with Crippen molar-refractivity contribution in [3.8, 4) is 22.3 Å². The van der Waals surface area contributed by atoms with Gasteiger partial charge in [-0.1, -0.05) is 41.9 Å². The molecule has 0 saturated heterocycles. The molecule has 126 valence electrons. The fraction of sp³-hybridized carbons (Fsp3) is 0.105. The van der Waals surface area contributed by atoms with Crippen molar-refractivity contribution >= 4 is 11.6 Å². The van der Waals surface area contributed by atoms with Crippen LogP contribution in [0.5, 0.6) is 0 Å². The van der Waals surface area contributed by atoms with Gasteiger partial charge in [0.05, 0.1) is 0 Å². The molecule has 0 bridgehead atoms. The van der Waals surface area contributed by atoms with E-state index in [1.54, 1.807) is 42.7 Å². The molecular weight excluding hydrogens is 351 g/mol. The molecule has 0 saturated carbocycles. The summed E-state index contributed by atoms with van der Waals surface area (Å²) in [6, 6.07) is 12.2. The molecule has 0 spiro atoms. The summed E-state index contributed by atoms with van der Waals surface area (Å²) in [6.45, 7) is 0. The number of rotatable bonds is 1. The van der Waals surface area contributed by atoms with Crippen molar-refractivity contribution in [2.24, 2.45) is 0 Å². The number of aliphatic hydroxyl groups is 1. The van der Waals surface area contributed by atoms with Gasteiger partial charge in [0.2, 0.25) is 5.60 Å². The van der Waals surface area contributed by atoms with Gasteiger partial charge in [-0.2, -0.15) is 13.2 Å². The van der Waals surface area contributed by atoms with Gasteiger partial charge in [0.15, 0.2) is 0 Å². The highest BCUT2D eigenvalue weighted by Gasteiger charge is 2.61. The monoisotopic (exact) mass is 361 g/mol. The Morgan fingerprint density at radius 3 is 2.40 bits per heavy atom. The zero-order chi connectivity index (χ0) is 17.8. The highest BCUT2D eigenvalue weighted by atomic mass is 35.5. The van der Waals surface area contributed by atoms with E-state index in [0.29, 0.717) is 22.3 Å². The van der Waals surface area contributed by atoms with Gasteiger partial charge in [0, 0.05) is 34.1 Å². The molecule has 2 nitrogen and oxygen atoms in total. The summed E-state index contributed by atoms with van der Waals surface area (Å²) < 4.78 is 41.6. The second-order valence-electron chi connectivity index (χ2n) is 5.87. The van der Waals surface area contributed by atoms with Crippen LogP contribution >= 0.6 is 11.6 Å². The van der Waals surface area contributed by atoms with Gasteiger partial charge in [-0.25, -0.2) is 0 Å². The molecule has 25 heavy (non-hydrogen) atoms. The van der Waals surface area contributed by atoms with E-state index in [0.717, 1.165) is 0 Å². The van der Waals surface area contributed by atoms with Crippen molar-refractivity contribution in [2.45, 2.75) is 11.8 Å². The Hall–Kier alpha value is -2.37. The van der Waals surface area contributed by atoms with Crippen LogP contribution < -0.4 is 0 Å². The molecule has 1 N–H and O–H groups in total. The molecule has 1 unspecified atom stereocenters. The molecule has 0 fully saturated rings. The van der Waals surface area contributed by atoms with Crippen LogP contribution in [0.25, 0.3) is 22.3 Å². The van der Waals surface area contributed by atoms with Crippen molar-refractivity contribution < 1.29 is 18.3 Å². The average Bonchev–Trinajstić information content (AvgIpc) is 2.85. The maximum Gasteiger partial charge on any atom is 0.425 e. The molecular formula is C19H11ClF3NO. The highest BCUT2D eigenvalue weighted by molar-refractivity contribution is 6.31. The van der Waals surface area contributed by atoms with Gasteiger partial charge < -0.3 is 5.11 Å². The molecule has 1 aliphatic carbocycles. The van der Waals surface area contributed by atoms with Gasteiger partial charge in [-0.15, -0.1) is 0 Å². The largest absolute Gasteiger partial charge is 0.425 e. The first-order valence-electron chi connectivity index (χ1n) is 7.47. The number of fused-ring (bicyclic) bond motifs is 3. The maximum absolute atomic E-state index is 13.9. The SMILES string of the molecule is OC1(C(F)(F)F)c2ccccc2-c2c(-c3cccnc3)cc(Cl)cc21. The molecule has 2 aromatic carbocycles. The summed E-state index contributed by atoms with van der Waals surface area (Å²) in [5.41, 5.74) is -1.75. The number of hydrogen-bond donors (Lipinski definition) is 1. The van der Waals surface area contributed by atoms with Crippen LogP contribution in [0.3, 0.4) is 0 Å². The summed E-state index contributed by atoms with van der Waals surface area (Å²) in [5.74, 6) is 0. The normalized spacial score (nSPS) is 18.8. The minimum atomic E-state index is -4.88. The molecule has 4 rings (SSSR count).